The van der Waals surface area contributed by atoms with Crippen LogP contribution in [0.25, 0.3) is 0 Å². The number of carbonyl (C=O) groups excluding carboxylic acids is 1. The van der Waals surface area contributed by atoms with E-state index in [1.54, 1.807) is 36.5 Å². The molecule has 0 fully saturated rings. The van der Waals surface area contributed by atoms with E-state index in [2.05, 4.69) is 15.6 Å². The summed E-state index contributed by atoms with van der Waals surface area (Å²) in [5.41, 5.74) is 1.48. The largest absolute Gasteiger partial charge is 0.353 e. The third-order valence-electron chi connectivity index (χ3n) is 2.96. The van der Waals surface area contributed by atoms with Crippen LogP contribution < -0.4 is 10.6 Å². The van der Waals surface area contributed by atoms with Crippen LogP contribution in [-0.4, -0.2) is 10.9 Å². The molecule has 0 bridgehead atoms. The summed E-state index contributed by atoms with van der Waals surface area (Å²) in [5.74, 6) is 0.310. The Kier molecular flexibility index (Phi) is 4.81. The first-order valence-electron chi connectivity index (χ1n) is 6.65. The van der Waals surface area contributed by atoms with E-state index in [9.17, 15) is 4.79 Å². The molecule has 0 aliphatic rings. The number of halogens is 2. The molecule has 0 saturated heterocycles. The number of aromatic nitrogens is 1. The molecule has 3 rings (SSSR count). The van der Waals surface area contributed by atoms with Crippen molar-refractivity contribution in [1.82, 2.24) is 4.98 Å². The summed E-state index contributed by atoms with van der Waals surface area (Å²) in [6.07, 6.45) is 1.62. The fourth-order valence-electron chi connectivity index (χ4n) is 1.87. The van der Waals surface area contributed by atoms with Gasteiger partial charge in [0.2, 0.25) is 0 Å². The van der Waals surface area contributed by atoms with Crippen LogP contribution in [-0.2, 0) is 0 Å². The molecule has 0 aliphatic heterocycles. The second-order valence-electron chi connectivity index (χ2n) is 4.61. The van der Waals surface area contributed by atoms with Gasteiger partial charge >= 0.3 is 0 Å². The number of benzene rings is 1. The summed E-state index contributed by atoms with van der Waals surface area (Å²) in [4.78, 5) is 16.8. The van der Waals surface area contributed by atoms with Gasteiger partial charge in [-0.15, -0.1) is 11.3 Å². The van der Waals surface area contributed by atoms with Crippen molar-refractivity contribution in [2.24, 2.45) is 0 Å². The van der Waals surface area contributed by atoms with Crippen LogP contribution in [0, 0.1) is 0 Å². The number of thiophene rings is 1. The van der Waals surface area contributed by atoms with Crippen molar-refractivity contribution < 1.29 is 4.79 Å². The number of amides is 1. The Morgan fingerprint density at radius 2 is 2.00 bits per heavy atom. The summed E-state index contributed by atoms with van der Waals surface area (Å²) >= 11 is 13.4. The molecular formula is C16H11Cl2N3OS. The first-order valence-corrected chi connectivity index (χ1v) is 8.28. The number of nitrogens with zero attached hydrogens (tertiary/aromatic N) is 1. The van der Waals surface area contributed by atoms with E-state index in [-0.39, 0.29) is 5.91 Å². The second kappa shape index (κ2) is 7.00. The van der Waals surface area contributed by atoms with E-state index in [1.165, 1.54) is 11.3 Å². The molecule has 1 aromatic carbocycles. The maximum Gasteiger partial charge on any atom is 0.266 e. The average Bonchev–Trinajstić information content (AvgIpc) is 3.06. The summed E-state index contributed by atoms with van der Waals surface area (Å²) < 4.78 is 0. The van der Waals surface area contributed by atoms with Crippen LogP contribution in [0.2, 0.25) is 10.0 Å². The van der Waals surface area contributed by atoms with E-state index in [4.69, 9.17) is 23.2 Å². The molecule has 2 aromatic heterocycles. The molecule has 2 heterocycles. The lowest BCUT2D eigenvalue weighted by molar-refractivity contribution is 0.103. The lowest BCUT2D eigenvalue weighted by Crippen LogP contribution is -2.11. The zero-order valence-corrected chi connectivity index (χ0v) is 14.0. The molecular weight excluding hydrogens is 353 g/mol. The van der Waals surface area contributed by atoms with Gasteiger partial charge in [-0.1, -0.05) is 29.3 Å². The van der Waals surface area contributed by atoms with E-state index in [0.717, 1.165) is 11.4 Å². The van der Waals surface area contributed by atoms with Gasteiger partial charge in [0.1, 0.15) is 5.82 Å². The number of anilines is 3. The van der Waals surface area contributed by atoms with Gasteiger partial charge in [-0.05, 0) is 41.8 Å². The van der Waals surface area contributed by atoms with Crippen LogP contribution in [0.4, 0.5) is 17.2 Å². The van der Waals surface area contributed by atoms with Gasteiger partial charge in [0.05, 0.1) is 27.5 Å². The quantitative estimate of drug-likeness (QED) is 0.648. The van der Waals surface area contributed by atoms with Gasteiger partial charge < -0.3 is 10.6 Å². The summed E-state index contributed by atoms with van der Waals surface area (Å²) in [7, 11) is 0. The Bertz CT molecular complexity index is 820. The molecule has 23 heavy (non-hydrogen) atoms. The number of hydrogen-bond donors (Lipinski definition) is 2. The zero-order chi connectivity index (χ0) is 16.2. The summed E-state index contributed by atoms with van der Waals surface area (Å²) in [5, 5.41) is 8.83. The van der Waals surface area contributed by atoms with E-state index >= 15 is 0 Å². The minimum atomic E-state index is -0.172. The van der Waals surface area contributed by atoms with Crippen LogP contribution in [0.15, 0.2) is 54.0 Å². The Hall–Kier alpha value is -2.08. The van der Waals surface area contributed by atoms with Gasteiger partial charge in [-0.25, -0.2) is 4.98 Å². The maximum absolute atomic E-state index is 11.9. The van der Waals surface area contributed by atoms with Crippen molar-refractivity contribution in [1.29, 1.82) is 0 Å². The van der Waals surface area contributed by atoms with Crippen LogP contribution in [0.5, 0.6) is 0 Å². The van der Waals surface area contributed by atoms with Crippen molar-refractivity contribution in [2.75, 3.05) is 10.6 Å². The first kappa shape index (κ1) is 15.8. The second-order valence-corrected chi connectivity index (χ2v) is 6.40. The van der Waals surface area contributed by atoms with Crippen molar-refractivity contribution in [2.45, 2.75) is 0 Å². The van der Waals surface area contributed by atoms with Gasteiger partial charge in [0.15, 0.2) is 0 Å². The molecule has 1 amide bonds. The van der Waals surface area contributed by atoms with Gasteiger partial charge in [-0.3, -0.25) is 4.79 Å². The van der Waals surface area contributed by atoms with E-state index in [1.807, 2.05) is 17.5 Å². The SMILES string of the molecule is O=C(Nc1ccc(Nc2ccc(Cl)cc2Cl)cn1)c1cccs1. The highest BCUT2D eigenvalue weighted by Gasteiger charge is 2.08. The molecule has 0 atom stereocenters. The molecule has 0 spiro atoms. The van der Waals surface area contributed by atoms with Gasteiger partial charge in [-0.2, -0.15) is 0 Å². The smallest absolute Gasteiger partial charge is 0.266 e. The van der Waals surface area contributed by atoms with Crippen LogP contribution in [0.3, 0.4) is 0 Å². The van der Waals surface area contributed by atoms with Gasteiger partial charge in [0, 0.05) is 5.02 Å². The van der Waals surface area contributed by atoms with E-state index in [0.29, 0.717) is 20.7 Å². The standard InChI is InChI=1S/C16H11Cl2N3OS/c17-10-3-5-13(12(18)8-10)20-11-4-6-15(19-9-11)21-16(22)14-2-1-7-23-14/h1-9,20H,(H,19,21,22). The third-order valence-corrected chi connectivity index (χ3v) is 4.38. The lowest BCUT2D eigenvalue weighted by atomic mass is 10.3. The Labute approximate surface area is 147 Å². The predicted octanol–water partition coefficient (Wildman–Crippen LogP) is 5.45. The predicted molar refractivity (Wildman–Crippen MR) is 96.3 cm³/mol. The highest BCUT2D eigenvalue weighted by Crippen LogP contribution is 2.28. The molecule has 116 valence electrons. The highest BCUT2D eigenvalue weighted by atomic mass is 35.5. The summed E-state index contributed by atoms with van der Waals surface area (Å²) in [6.45, 7) is 0. The van der Waals surface area contributed by atoms with Crippen molar-refractivity contribution >= 4 is 57.6 Å². The number of hydrogen-bond acceptors (Lipinski definition) is 4. The lowest BCUT2D eigenvalue weighted by Gasteiger charge is -2.09. The molecule has 7 heteroatoms. The molecule has 0 aliphatic carbocycles. The minimum absolute atomic E-state index is 0.172. The molecule has 2 N–H and O–H groups in total. The molecule has 0 saturated carbocycles. The van der Waals surface area contributed by atoms with E-state index < -0.39 is 0 Å². The van der Waals surface area contributed by atoms with Crippen LogP contribution in [0.1, 0.15) is 9.67 Å². The van der Waals surface area contributed by atoms with Crippen molar-refractivity contribution in [3.63, 3.8) is 0 Å². The Morgan fingerprint density at radius 3 is 2.65 bits per heavy atom. The Balaban J connectivity index is 1.68. The number of nitrogens with one attached hydrogen (secondary N) is 2. The molecule has 0 unspecified atom stereocenters. The van der Waals surface area contributed by atoms with Crippen molar-refractivity contribution in [3.8, 4) is 0 Å². The fraction of sp³-hybridized carbons (Fsp3) is 0. The van der Waals surface area contributed by atoms with Crippen LogP contribution >= 0.6 is 34.5 Å². The maximum atomic E-state index is 11.9. The fourth-order valence-corrected chi connectivity index (χ4v) is 2.95. The van der Waals surface area contributed by atoms with Crippen molar-refractivity contribution in [3.05, 3.63) is 69.0 Å². The molecule has 3 aromatic rings. The average molecular weight is 364 g/mol. The number of rotatable bonds is 4. The minimum Gasteiger partial charge on any atom is -0.353 e. The Morgan fingerprint density at radius 1 is 1.13 bits per heavy atom. The highest BCUT2D eigenvalue weighted by molar-refractivity contribution is 7.12. The zero-order valence-electron chi connectivity index (χ0n) is 11.7. The number of carbonyl (C=O) groups is 1. The molecule has 4 nitrogen and oxygen atoms in total. The number of pyridine rings is 1. The monoisotopic (exact) mass is 363 g/mol. The van der Waals surface area contributed by atoms with Gasteiger partial charge in [0.25, 0.3) is 5.91 Å². The normalized spacial score (nSPS) is 10.3. The molecule has 0 radical (unpaired) electrons. The first-order chi connectivity index (χ1) is 11.1. The topological polar surface area (TPSA) is 54.0 Å². The summed E-state index contributed by atoms with van der Waals surface area (Å²) in [6, 6.07) is 12.3. The third kappa shape index (κ3) is 4.01.